The van der Waals surface area contributed by atoms with Gasteiger partial charge in [-0.05, 0) is 18.6 Å². The minimum Gasteiger partial charge on any atom is -0.257 e. The average Bonchev–Trinajstić information content (AvgIpc) is 2.19. The predicted octanol–water partition coefficient (Wildman–Crippen LogP) is 2.53. The van der Waals surface area contributed by atoms with E-state index in [0.29, 0.717) is 5.69 Å². The standard InChI is InChI=1S/C13H10N.Ta/c1-11-6-5-9-13(14-11)10-12-7-3-2-4-8-12;/h1-7,9H,10H2;/q-1;. The van der Waals surface area contributed by atoms with E-state index in [1.807, 2.05) is 36.4 Å². The molecule has 73 valence electrons. The molecule has 3 radical (unpaired) electrons. The van der Waals surface area contributed by atoms with Crippen LogP contribution in [-0.4, -0.2) is 4.98 Å². The summed E-state index contributed by atoms with van der Waals surface area (Å²) in [5.41, 5.74) is 2.68. The molecule has 0 saturated heterocycles. The number of hydrogen-bond donors (Lipinski definition) is 0. The van der Waals surface area contributed by atoms with Gasteiger partial charge >= 0.3 is 0 Å². The second-order valence-corrected chi connectivity index (χ2v) is 3.12. The summed E-state index contributed by atoms with van der Waals surface area (Å²) in [6, 6.07) is 16.7. The smallest absolute Gasteiger partial charge is 0.0451 e. The molecule has 0 aliphatic carbocycles. The van der Waals surface area contributed by atoms with Gasteiger partial charge in [-0.1, -0.05) is 6.07 Å². The van der Waals surface area contributed by atoms with Gasteiger partial charge in [0.15, 0.2) is 0 Å². The maximum Gasteiger partial charge on any atom is 0.0451 e. The Morgan fingerprint density at radius 3 is 2.67 bits per heavy atom. The summed E-state index contributed by atoms with van der Waals surface area (Å²) in [5, 5.41) is 0. The molecule has 15 heavy (non-hydrogen) atoms. The average molecular weight is 361 g/mol. The molecule has 2 aromatic rings. The van der Waals surface area contributed by atoms with E-state index >= 15 is 0 Å². The molecule has 0 atom stereocenters. The fourth-order valence-corrected chi connectivity index (χ4v) is 1.33. The van der Waals surface area contributed by atoms with E-state index in [9.17, 15) is 0 Å². The molecule has 0 aliphatic rings. The Bertz CT molecular complexity index is 412. The first-order valence-corrected chi connectivity index (χ1v) is 4.51. The van der Waals surface area contributed by atoms with Crippen LogP contribution in [0.3, 0.4) is 0 Å². The minimum absolute atomic E-state index is 0. The van der Waals surface area contributed by atoms with Crippen molar-refractivity contribution in [1.29, 1.82) is 0 Å². The summed E-state index contributed by atoms with van der Waals surface area (Å²) in [5.74, 6) is 0. The van der Waals surface area contributed by atoms with Gasteiger partial charge in [0.25, 0.3) is 0 Å². The molecule has 1 heterocycles. The molecule has 0 aliphatic heterocycles. The Kier molecular flexibility index (Phi) is 4.76. The molecule has 0 saturated carbocycles. The number of pyridine rings is 1. The largest absolute Gasteiger partial charge is 0.257 e. The molecule has 2 rings (SSSR count). The van der Waals surface area contributed by atoms with Crippen molar-refractivity contribution in [3.63, 3.8) is 0 Å². The summed E-state index contributed by atoms with van der Waals surface area (Å²) >= 11 is 0. The predicted molar refractivity (Wildman–Crippen MR) is 55.7 cm³/mol. The molecule has 1 aromatic heterocycles. The van der Waals surface area contributed by atoms with E-state index < -0.39 is 0 Å². The van der Waals surface area contributed by atoms with Gasteiger partial charge in [-0.2, -0.15) is 35.9 Å². The maximum atomic E-state index is 5.59. The van der Waals surface area contributed by atoms with Gasteiger partial charge in [-0.25, -0.2) is 0 Å². The number of rotatable bonds is 2. The molecule has 0 bridgehead atoms. The first kappa shape index (κ1) is 12.2. The van der Waals surface area contributed by atoms with Gasteiger partial charge in [-0.3, -0.25) is 4.98 Å². The summed E-state index contributed by atoms with van der Waals surface area (Å²) in [7, 11) is 0. The van der Waals surface area contributed by atoms with Crippen molar-refractivity contribution in [3.05, 3.63) is 72.4 Å². The van der Waals surface area contributed by atoms with Gasteiger partial charge in [0, 0.05) is 40.7 Å². The third-order valence-electron chi connectivity index (χ3n) is 1.97. The van der Waals surface area contributed by atoms with Crippen molar-refractivity contribution < 1.29 is 22.4 Å². The fourth-order valence-electron chi connectivity index (χ4n) is 1.33. The van der Waals surface area contributed by atoms with E-state index in [2.05, 4.69) is 11.1 Å². The number of nitrogens with zero attached hydrogens (tertiary/aromatic N) is 1. The van der Waals surface area contributed by atoms with Crippen LogP contribution < -0.4 is 0 Å². The third kappa shape index (κ3) is 3.63. The summed E-state index contributed by atoms with van der Waals surface area (Å²) in [4.78, 5) is 4.23. The SMILES string of the molecule is [CH]c1cccc(Cc2[c-]cccc2)n1.[Ta]. The Hall–Kier alpha value is -0.890. The normalized spacial score (nSPS) is 9.40. The molecule has 0 unspecified atom stereocenters. The number of aromatic nitrogens is 1. The van der Waals surface area contributed by atoms with Crippen LogP contribution in [0.1, 0.15) is 17.0 Å². The van der Waals surface area contributed by atoms with Crippen LogP contribution in [0.25, 0.3) is 0 Å². The second kappa shape index (κ2) is 5.86. The topological polar surface area (TPSA) is 12.9 Å². The van der Waals surface area contributed by atoms with Crippen LogP contribution in [0.5, 0.6) is 0 Å². The Morgan fingerprint density at radius 2 is 2.00 bits per heavy atom. The molecule has 1 aromatic carbocycles. The first-order chi connectivity index (χ1) is 6.84. The zero-order valence-electron chi connectivity index (χ0n) is 8.22. The second-order valence-electron chi connectivity index (χ2n) is 3.12. The van der Waals surface area contributed by atoms with Gasteiger partial charge in [0.2, 0.25) is 0 Å². The van der Waals surface area contributed by atoms with Crippen molar-refractivity contribution in [2.75, 3.05) is 0 Å². The van der Waals surface area contributed by atoms with E-state index in [1.54, 1.807) is 6.07 Å². The van der Waals surface area contributed by atoms with Crippen LogP contribution in [0, 0.1) is 13.0 Å². The Labute approximate surface area is 106 Å². The molecule has 2 heteroatoms. The van der Waals surface area contributed by atoms with Crippen LogP contribution in [0.2, 0.25) is 0 Å². The maximum absolute atomic E-state index is 5.59. The Balaban J connectivity index is 0.00000112. The molecule has 1 nitrogen and oxygen atoms in total. The van der Waals surface area contributed by atoms with Gasteiger partial charge in [0.05, 0.1) is 0 Å². The molecule has 0 N–H and O–H groups in total. The van der Waals surface area contributed by atoms with Crippen molar-refractivity contribution in [1.82, 2.24) is 4.98 Å². The van der Waals surface area contributed by atoms with Crippen LogP contribution in [0.4, 0.5) is 0 Å². The van der Waals surface area contributed by atoms with Crippen LogP contribution in [-0.2, 0) is 28.8 Å². The zero-order valence-corrected chi connectivity index (χ0v) is 11.4. The number of hydrogen-bond acceptors (Lipinski definition) is 1. The summed E-state index contributed by atoms with van der Waals surface area (Å²) in [6.45, 7) is 5.59. The van der Waals surface area contributed by atoms with Crippen molar-refractivity contribution in [2.24, 2.45) is 0 Å². The molecular formula is C13H10NTa-. The Morgan fingerprint density at radius 1 is 1.13 bits per heavy atom. The molecular weight excluding hydrogens is 351 g/mol. The van der Waals surface area contributed by atoms with E-state index in [4.69, 9.17) is 6.92 Å². The molecule has 0 amide bonds. The molecule has 0 spiro atoms. The van der Waals surface area contributed by atoms with Crippen LogP contribution in [0.15, 0.2) is 42.5 Å². The minimum atomic E-state index is 0. The van der Waals surface area contributed by atoms with E-state index in [0.717, 1.165) is 17.7 Å². The monoisotopic (exact) mass is 361 g/mol. The van der Waals surface area contributed by atoms with Crippen molar-refractivity contribution >= 4 is 0 Å². The van der Waals surface area contributed by atoms with E-state index in [1.165, 1.54) is 0 Å². The van der Waals surface area contributed by atoms with Crippen molar-refractivity contribution in [2.45, 2.75) is 6.42 Å². The molecule has 0 fully saturated rings. The quantitative estimate of drug-likeness (QED) is 0.750. The zero-order chi connectivity index (χ0) is 9.80. The van der Waals surface area contributed by atoms with Gasteiger partial charge < -0.3 is 0 Å². The fraction of sp³-hybridized carbons (Fsp3) is 0.0769. The van der Waals surface area contributed by atoms with Gasteiger partial charge in [-0.15, -0.1) is 0 Å². The number of benzene rings is 1. The summed E-state index contributed by atoms with van der Waals surface area (Å²) in [6.07, 6.45) is 0.784. The van der Waals surface area contributed by atoms with Crippen LogP contribution >= 0.6 is 0 Å². The van der Waals surface area contributed by atoms with E-state index in [-0.39, 0.29) is 22.4 Å². The van der Waals surface area contributed by atoms with Crippen molar-refractivity contribution in [3.8, 4) is 0 Å². The summed E-state index contributed by atoms with van der Waals surface area (Å²) < 4.78 is 0. The van der Waals surface area contributed by atoms with Gasteiger partial charge in [0.1, 0.15) is 0 Å². The third-order valence-corrected chi connectivity index (χ3v) is 1.97. The first-order valence-electron chi connectivity index (χ1n) is 4.51.